The van der Waals surface area contributed by atoms with Gasteiger partial charge >= 0.3 is 0 Å². The molecule has 2 radical (unpaired) electrons. The number of rotatable bonds is 5. The van der Waals surface area contributed by atoms with Gasteiger partial charge in [0.05, 0.1) is 6.61 Å². The highest BCUT2D eigenvalue weighted by atomic mass is 16.5. The molecule has 0 aromatic rings. The lowest BCUT2D eigenvalue weighted by molar-refractivity contribution is 0.0334. The van der Waals surface area contributed by atoms with E-state index in [0.717, 1.165) is 13.2 Å². The number of piperidine rings is 1. The first-order valence-corrected chi connectivity index (χ1v) is 7.89. The van der Waals surface area contributed by atoms with Crippen LogP contribution in [0.1, 0.15) is 44.9 Å². The number of likely N-dealkylation sites (N-methyl/N-ethyl adjacent to an activating group) is 1. The van der Waals surface area contributed by atoms with Gasteiger partial charge in [0.2, 0.25) is 0 Å². The molecule has 2 rings (SSSR count). The summed E-state index contributed by atoms with van der Waals surface area (Å²) in [5.41, 5.74) is 0.00826. The fourth-order valence-electron chi connectivity index (χ4n) is 3.65. The quantitative estimate of drug-likeness (QED) is 0.760. The highest BCUT2D eigenvalue weighted by molar-refractivity contribution is 4.97. The van der Waals surface area contributed by atoms with Crippen molar-refractivity contribution in [3.63, 3.8) is 0 Å². The van der Waals surface area contributed by atoms with Crippen molar-refractivity contribution < 1.29 is 4.74 Å². The molecule has 3 nitrogen and oxygen atoms in total. The van der Waals surface area contributed by atoms with Crippen LogP contribution in [0, 0.1) is 6.92 Å². The summed E-state index contributed by atoms with van der Waals surface area (Å²) >= 11 is 0. The van der Waals surface area contributed by atoms with Crippen LogP contribution < -0.4 is 0 Å². The van der Waals surface area contributed by atoms with E-state index in [0.29, 0.717) is 6.04 Å². The van der Waals surface area contributed by atoms with E-state index in [2.05, 4.69) is 16.8 Å². The fourth-order valence-corrected chi connectivity index (χ4v) is 3.65. The van der Waals surface area contributed by atoms with E-state index in [-0.39, 0.29) is 5.54 Å². The van der Waals surface area contributed by atoms with Crippen LogP contribution in [0.15, 0.2) is 0 Å². The van der Waals surface area contributed by atoms with Crippen molar-refractivity contribution in [3.05, 3.63) is 6.92 Å². The molecule has 1 saturated carbocycles. The Morgan fingerprint density at radius 3 is 2.42 bits per heavy atom. The molecule has 0 amide bonds. The summed E-state index contributed by atoms with van der Waals surface area (Å²) in [6, 6.07) is 0.707. The van der Waals surface area contributed by atoms with Gasteiger partial charge < -0.3 is 9.64 Å². The third-order valence-corrected chi connectivity index (χ3v) is 5.09. The van der Waals surface area contributed by atoms with Gasteiger partial charge in [-0.05, 0) is 39.7 Å². The molecular weight excluding hydrogens is 236 g/mol. The largest absolute Gasteiger partial charge is 0.383 e. The Balaban J connectivity index is 1.78. The highest BCUT2D eigenvalue weighted by Gasteiger charge is 2.36. The van der Waals surface area contributed by atoms with Crippen molar-refractivity contribution >= 4 is 0 Å². The molecule has 0 atom stereocenters. The lowest BCUT2D eigenvalue weighted by Gasteiger charge is -2.48. The smallest absolute Gasteiger partial charge is 0.0589 e. The van der Waals surface area contributed by atoms with E-state index < -0.39 is 0 Å². The lowest BCUT2D eigenvalue weighted by Crippen LogP contribution is -2.54. The van der Waals surface area contributed by atoms with Crippen molar-refractivity contribution in [2.75, 3.05) is 40.4 Å². The van der Waals surface area contributed by atoms with Gasteiger partial charge in [-0.15, -0.1) is 0 Å². The summed E-state index contributed by atoms with van der Waals surface area (Å²) in [4.78, 5) is 5.01. The van der Waals surface area contributed by atoms with Crippen LogP contribution in [0.5, 0.6) is 0 Å². The van der Waals surface area contributed by atoms with Crippen molar-refractivity contribution in [3.8, 4) is 0 Å². The Labute approximate surface area is 119 Å². The van der Waals surface area contributed by atoms with Crippen LogP contribution >= 0.6 is 0 Å². The Morgan fingerprint density at radius 2 is 1.84 bits per heavy atom. The molecule has 0 bridgehead atoms. The van der Waals surface area contributed by atoms with Crippen LogP contribution in [-0.4, -0.2) is 61.8 Å². The zero-order valence-corrected chi connectivity index (χ0v) is 12.7. The number of methoxy groups -OCH3 is 1. The molecule has 0 spiro atoms. The zero-order valence-electron chi connectivity index (χ0n) is 12.7. The third kappa shape index (κ3) is 3.93. The van der Waals surface area contributed by atoms with Gasteiger partial charge in [-0.1, -0.05) is 19.3 Å². The van der Waals surface area contributed by atoms with Gasteiger partial charge in [-0.25, -0.2) is 0 Å². The number of hydrogen-bond donors (Lipinski definition) is 0. The summed E-state index contributed by atoms with van der Waals surface area (Å²) in [5.74, 6) is 0. The molecule has 0 N–H and O–H groups in total. The topological polar surface area (TPSA) is 15.7 Å². The maximum atomic E-state index is 6.63. The first-order chi connectivity index (χ1) is 9.15. The molecule has 19 heavy (non-hydrogen) atoms. The first kappa shape index (κ1) is 15.3. The van der Waals surface area contributed by atoms with Crippen molar-refractivity contribution in [1.29, 1.82) is 0 Å². The second-order valence-corrected chi connectivity index (χ2v) is 6.36. The molecule has 3 heteroatoms. The van der Waals surface area contributed by atoms with E-state index in [4.69, 9.17) is 11.7 Å². The van der Waals surface area contributed by atoms with Gasteiger partial charge in [-0.2, -0.15) is 0 Å². The standard InChI is InChI=1S/C16H30N2O/c1-16(9-5-4-6-10-16)18-11-7-15(8-12-18)17(2)13-14-19-3/h1,15H,4-14H2,2-3H3. The fraction of sp³-hybridized carbons (Fsp3) is 0.938. The predicted molar refractivity (Wildman–Crippen MR) is 79.2 cm³/mol. The number of likely N-dealkylation sites (tertiary alicyclic amines) is 1. The Hall–Kier alpha value is -0.120. The summed E-state index contributed by atoms with van der Waals surface area (Å²) in [6.07, 6.45) is 8.87. The van der Waals surface area contributed by atoms with Gasteiger partial charge in [0, 0.05) is 38.3 Å². The van der Waals surface area contributed by atoms with E-state index in [1.54, 1.807) is 7.11 Å². The third-order valence-electron chi connectivity index (χ3n) is 5.09. The molecule has 1 heterocycles. The van der Waals surface area contributed by atoms with Crippen molar-refractivity contribution in [2.24, 2.45) is 0 Å². The molecule has 0 aromatic carbocycles. The first-order valence-electron chi connectivity index (χ1n) is 7.89. The molecule has 1 saturated heterocycles. The Morgan fingerprint density at radius 1 is 1.21 bits per heavy atom. The van der Waals surface area contributed by atoms with Gasteiger partial charge in [0.25, 0.3) is 0 Å². The van der Waals surface area contributed by atoms with Gasteiger partial charge in [0.15, 0.2) is 0 Å². The molecule has 1 aliphatic carbocycles. The minimum Gasteiger partial charge on any atom is -0.383 e. The molecular formula is C16H30N2O. The minimum absolute atomic E-state index is 0.00826. The lowest BCUT2D eigenvalue weighted by atomic mass is 9.80. The summed E-state index contributed by atoms with van der Waals surface area (Å²) < 4.78 is 5.16. The van der Waals surface area contributed by atoms with Crippen molar-refractivity contribution in [1.82, 2.24) is 9.80 Å². The maximum absolute atomic E-state index is 6.63. The molecule has 0 unspecified atom stereocenters. The summed E-state index contributed by atoms with van der Waals surface area (Å²) in [6.45, 7) is 10.8. The highest BCUT2D eigenvalue weighted by Crippen LogP contribution is 2.35. The Bertz CT molecular complexity index is 255. The van der Waals surface area contributed by atoms with Crippen LogP contribution in [-0.2, 0) is 4.74 Å². The van der Waals surface area contributed by atoms with E-state index >= 15 is 0 Å². The summed E-state index contributed by atoms with van der Waals surface area (Å²) in [7, 11) is 4.00. The zero-order chi connectivity index (χ0) is 13.7. The Kier molecular flexibility index (Phi) is 5.67. The predicted octanol–water partition coefficient (Wildman–Crippen LogP) is 2.44. The van der Waals surface area contributed by atoms with Gasteiger partial charge in [-0.3, -0.25) is 4.90 Å². The van der Waals surface area contributed by atoms with Crippen LogP contribution in [0.3, 0.4) is 0 Å². The van der Waals surface area contributed by atoms with E-state index in [1.807, 2.05) is 0 Å². The van der Waals surface area contributed by atoms with Crippen LogP contribution in [0.4, 0.5) is 0 Å². The maximum Gasteiger partial charge on any atom is 0.0589 e. The molecule has 0 aromatic heterocycles. The number of hydrogen-bond acceptors (Lipinski definition) is 3. The number of ether oxygens (including phenoxy) is 1. The normalized spacial score (nSPS) is 25.9. The van der Waals surface area contributed by atoms with Crippen LogP contribution in [0.2, 0.25) is 0 Å². The average Bonchev–Trinajstić information content (AvgIpc) is 2.46. The SMILES string of the molecule is [CH]C1(N2CCC(N(C)CCOC)CC2)CCCCC1. The summed E-state index contributed by atoms with van der Waals surface area (Å²) in [5, 5.41) is 0. The molecule has 2 fully saturated rings. The second kappa shape index (κ2) is 7.05. The van der Waals surface area contributed by atoms with Crippen molar-refractivity contribution in [2.45, 2.75) is 56.5 Å². The van der Waals surface area contributed by atoms with Gasteiger partial charge in [0.1, 0.15) is 0 Å². The molecule has 2 aliphatic rings. The minimum atomic E-state index is 0.00826. The monoisotopic (exact) mass is 266 g/mol. The average molecular weight is 266 g/mol. The van der Waals surface area contributed by atoms with E-state index in [1.165, 1.54) is 58.0 Å². The van der Waals surface area contributed by atoms with Crippen LogP contribution in [0.25, 0.3) is 0 Å². The van der Waals surface area contributed by atoms with E-state index in [9.17, 15) is 0 Å². The molecule has 1 aliphatic heterocycles. The second-order valence-electron chi connectivity index (χ2n) is 6.36. The number of nitrogens with zero attached hydrogens (tertiary/aromatic N) is 2. The molecule has 110 valence electrons.